The van der Waals surface area contributed by atoms with E-state index in [4.69, 9.17) is 17.3 Å². The normalized spacial score (nSPS) is 14.1. The lowest BCUT2D eigenvalue weighted by atomic mass is 9.89. The van der Waals surface area contributed by atoms with Gasteiger partial charge >= 0.3 is 6.18 Å². The number of nitrogens with one attached hydrogen (secondary N) is 1. The molecule has 24 heavy (non-hydrogen) atoms. The van der Waals surface area contributed by atoms with Gasteiger partial charge in [-0.2, -0.15) is 13.2 Å². The molecule has 128 valence electrons. The van der Waals surface area contributed by atoms with Crippen molar-refractivity contribution in [3.8, 4) is 5.75 Å². The number of benzene rings is 2. The number of rotatable bonds is 3. The molecule has 9 heteroatoms. The predicted octanol–water partition coefficient (Wildman–Crippen LogP) is 3.54. The Morgan fingerprint density at radius 3 is 2.38 bits per heavy atom. The molecule has 1 unspecified atom stereocenters. The van der Waals surface area contributed by atoms with Crippen molar-refractivity contribution < 1.29 is 27.5 Å². The van der Waals surface area contributed by atoms with Crippen LogP contribution in [-0.2, 0) is 10.3 Å². The van der Waals surface area contributed by atoms with Crippen LogP contribution in [0.1, 0.15) is 5.56 Å². The molecule has 0 spiro atoms. The van der Waals surface area contributed by atoms with Crippen molar-refractivity contribution in [1.29, 1.82) is 0 Å². The summed E-state index contributed by atoms with van der Waals surface area (Å²) in [6.07, 6.45) is -5.22. The maximum absolute atomic E-state index is 13.5. The fourth-order valence-electron chi connectivity index (χ4n) is 1.99. The molecule has 0 saturated carbocycles. The number of nitrogens with two attached hydrogens (primary N) is 1. The molecular formula is C15H11ClF4N2O2. The second kappa shape index (κ2) is 6.29. The van der Waals surface area contributed by atoms with Gasteiger partial charge in [0.15, 0.2) is 5.75 Å². The number of aromatic hydroxyl groups is 1. The van der Waals surface area contributed by atoms with E-state index in [1.54, 1.807) is 0 Å². The first-order valence-electron chi connectivity index (χ1n) is 6.48. The second-order valence-corrected chi connectivity index (χ2v) is 5.31. The Morgan fingerprint density at radius 2 is 1.79 bits per heavy atom. The molecule has 0 saturated heterocycles. The average molecular weight is 363 g/mol. The third-order valence-corrected chi connectivity index (χ3v) is 3.63. The minimum atomic E-state index is -5.22. The van der Waals surface area contributed by atoms with E-state index in [0.717, 1.165) is 24.3 Å². The molecule has 2 rings (SSSR count). The largest absolute Gasteiger partial charge is 0.504 e. The number of carbonyl (C=O) groups excluding carboxylic acids is 1. The number of hydrogen-bond acceptors (Lipinski definition) is 3. The number of para-hydroxylation sites is 1. The van der Waals surface area contributed by atoms with E-state index >= 15 is 0 Å². The number of phenolic OH excluding ortho intramolecular Hbond substituents is 1. The first kappa shape index (κ1) is 18.0. The van der Waals surface area contributed by atoms with E-state index < -0.39 is 34.8 Å². The Morgan fingerprint density at radius 1 is 1.17 bits per heavy atom. The molecule has 0 heterocycles. The van der Waals surface area contributed by atoms with Crippen molar-refractivity contribution in [3.63, 3.8) is 0 Å². The molecule has 2 aromatic carbocycles. The molecule has 0 radical (unpaired) electrons. The standard InChI is InChI=1S/C15H11ClF4N2O2/c16-10-5-2-6-11(12(10)23)22-13(24)14(21,15(18,19)20)8-3-1-4-9(17)7-8/h1-7,23H,21H2,(H,22,24). The van der Waals surface area contributed by atoms with Crippen LogP contribution in [0.15, 0.2) is 42.5 Å². The van der Waals surface area contributed by atoms with Crippen molar-refractivity contribution in [2.75, 3.05) is 5.32 Å². The third-order valence-electron chi connectivity index (χ3n) is 3.32. The first-order chi connectivity index (χ1) is 11.1. The highest BCUT2D eigenvalue weighted by molar-refractivity contribution is 6.32. The predicted molar refractivity (Wildman–Crippen MR) is 80.1 cm³/mol. The molecule has 1 atom stereocenters. The van der Waals surface area contributed by atoms with Crippen molar-refractivity contribution >= 4 is 23.2 Å². The average Bonchev–Trinajstić information content (AvgIpc) is 2.49. The summed E-state index contributed by atoms with van der Waals surface area (Å²) in [5.74, 6) is -3.29. The summed E-state index contributed by atoms with van der Waals surface area (Å²) < 4.78 is 53.7. The number of alkyl halides is 3. The summed E-state index contributed by atoms with van der Waals surface area (Å²) in [4.78, 5) is 12.2. The number of carbonyl (C=O) groups is 1. The fourth-order valence-corrected chi connectivity index (χ4v) is 2.17. The van der Waals surface area contributed by atoms with Gasteiger partial charge in [-0.15, -0.1) is 0 Å². The zero-order chi connectivity index (χ0) is 18.1. The van der Waals surface area contributed by atoms with Crippen LogP contribution in [-0.4, -0.2) is 17.2 Å². The van der Waals surface area contributed by atoms with Crippen LogP contribution in [0.25, 0.3) is 0 Å². The summed E-state index contributed by atoms with van der Waals surface area (Å²) in [6, 6.07) is 7.05. The highest BCUT2D eigenvalue weighted by atomic mass is 35.5. The summed E-state index contributed by atoms with van der Waals surface area (Å²) in [7, 11) is 0. The number of anilines is 1. The van der Waals surface area contributed by atoms with Crippen LogP contribution in [0.2, 0.25) is 5.02 Å². The SMILES string of the molecule is NC(C(=O)Nc1cccc(Cl)c1O)(c1cccc(F)c1)C(F)(F)F. The minimum absolute atomic E-state index is 0.173. The number of hydrogen-bond donors (Lipinski definition) is 3. The number of amides is 1. The van der Waals surface area contributed by atoms with Crippen LogP contribution in [0, 0.1) is 5.82 Å². The quantitative estimate of drug-likeness (QED) is 0.577. The summed E-state index contributed by atoms with van der Waals surface area (Å²) in [5, 5.41) is 11.4. The van der Waals surface area contributed by atoms with Crippen LogP contribution in [0.3, 0.4) is 0 Å². The molecule has 0 aliphatic rings. The van der Waals surface area contributed by atoms with Gasteiger partial charge < -0.3 is 16.2 Å². The highest BCUT2D eigenvalue weighted by Gasteiger charge is 2.59. The lowest BCUT2D eigenvalue weighted by Crippen LogP contribution is -2.58. The molecule has 0 bridgehead atoms. The molecule has 0 fully saturated rings. The summed E-state index contributed by atoms with van der Waals surface area (Å²) in [6.45, 7) is 0. The smallest absolute Gasteiger partial charge is 0.419 e. The van der Waals surface area contributed by atoms with Crippen molar-refractivity contribution in [3.05, 3.63) is 58.9 Å². The monoisotopic (exact) mass is 362 g/mol. The van der Waals surface area contributed by atoms with Crippen molar-refractivity contribution in [2.24, 2.45) is 5.73 Å². The van der Waals surface area contributed by atoms with E-state index in [0.29, 0.717) is 6.07 Å². The van der Waals surface area contributed by atoms with Crippen molar-refractivity contribution in [2.45, 2.75) is 11.7 Å². The topological polar surface area (TPSA) is 75.4 Å². The van der Waals surface area contributed by atoms with Crippen molar-refractivity contribution in [1.82, 2.24) is 0 Å². The van der Waals surface area contributed by atoms with Gasteiger partial charge in [0.1, 0.15) is 5.82 Å². The molecule has 1 amide bonds. The molecule has 0 aliphatic heterocycles. The Balaban J connectivity index is 2.49. The molecular weight excluding hydrogens is 352 g/mol. The summed E-state index contributed by atoms with van der Waals surface area (Å²) in [5.41, 5.74) is 0.661. The zero-order valence-electron chi connectivity index (χ0n) is 11.9. The van der Waals surface area contributed by atoms with Crippen LogP contribution in [0.4, 0.5) is 23.2 Å². The van der Waals surface area contributed by atoms with Gasteiger partial charge in [0.05, 0.1) is 10.7 Å². The second-order valence-electron chi connectivity index (χ2n) is 4.91. The third kappa shape index (κ3) is 3.15. The first-order valence-corrected chi connectivity index (χ1v) is 6.85. The Kier molecular flexibility index (Phi) is 4.73. The number of halogens is 5. The Bertz CT molecular complexity index is 782. The van der Waals surface area contributed by atoms with E-state index in [1.807, 2.05) is 5.32 Å². The van der Waals surface area contributed by atoms with Gasteiger partial charge in [-0.05, 0) is 29.8 Å². The maximum atomic E-state index is 13.5. The highest BCUT2D eigenvalue weighted by Crippen LogP contribution is 2.39. The van der Waals surface area contributed by atoms with Crippen LogP contribution < -0.4 is 11.1 Å². The Labute approximate surface area is 138 Å². The molecule has 4 nitrogen and oxygen atoms in total. The fraction of sp³-hybridized carbons (Fsp3) is 0.133. The zero-order valence-corrected chi connectivity index (χ0v) is 12.6. The van der Waals surface area contributed by atoms with Crippen LogP contribution in [0.5, 0.6) is 5.75 Å². The maximum Gasteiger partial charge on any atom is 0.419 e. The van der Waals surface area contributed by atoms with Gasteiger partial charge in [0, 0.05) is 0 Å². The van der Waals surface area contributed by atoms with Gasteiger partial charge in [-0.25, -0.2) is 4.39 Å². The molecule has 2 aromatic rings. The van der Waals surface area contributed by atoms with Crippen LogP contribution >= 0.6 is 11.6 Å². The summed E-state index contributed by atoms with van der Waals surface area (Å²) >= 11 is 5.63. The van der Waals surface area contributed by atoms with E-state index in [1.165, 1.54) is 12.1 Å². The molecule has 0 aromatic heterocycles. The molecule has 4 N–H and O–H groups in total. The Hall–Kier alpha value is -2.32. The minimum Gasteiger partial charge on any atom is -0.504 e. The van der Waals surface area contributed by atoms with E-state index in [9.17, 15) is 27.5 Å². The number of phenols is 1. The van der Waals surface area contributed by atoms with E-state index in [-0.39, 0.29) is 10.7 Å². The van der Waals surface area contributed by atoms with Gasteiger partial charge in [0.2, 0.25) is 5.54 Å². The van der Waals surface area contributed by atoms with Gasteiger partial charge in [-0.3, -0.25) is 4.79 Å². The van der Waals surface area contributed by atoms with E-state index in [2.05, 4.69) is 0 Å². The van der Waals surface area contributed by atoms with Gasteiger partial charge in [0.25, 0.3) is 5.91 Å². The molecule has 0 aliphatic carbocycles. The lowest BCUT2D eigenvalue weighted by Gasteiger charge is -2.31. The lowest BCUT2D eigenvalue weighted by molar-refractivity contribution is -0.191. The van der Waals surface area contributed by atoms with Gasteiger partial charge in [-0.1, -0.05) is 29.8 Å².